The molecule has 1 aliphatic rings. The third-order valence-corrected chi connectivity index (χ3v) is 2.63. The first-order valence-electron chi connectivity index (χ1n) is 4.29. The largest absolute Gasteiger partial charge is 0.306 e. The number of rotatable bonds is 1. The minimum Gasteiger partial charge on any atom is -0.231 e. The van der Waals surface area contributed by atoms with Gasteiger partial charge in [0.1, 0.15) is 0 Å². The minimum atomic E-state index is -3.42. The molecular weight excluding hydrogens is 189 g/mol. The fourth-order valence-corrected chi connectivity index (χ4v) is 1.68. The van der Waals surface area contributed by atoms with E-state index in [4.69, 9.17) is 0 Å². The van der Waals surface area contributed by atoms with Crippen molar-refractivity contribution in [2.75, 3.05) is 0 Å². The lowest BCUT2D eigenvalue weighted by molar-refractivity contribution is -0.166. The second kappa shape index (κ2) is 2.62. The Labute approximate surface area is 80.1 Å². The molecule has 0 aromatic heterocycles. The van der Waals surface area contributed by atoms with Crippen molar-refractivity contribution in [3.63, 3.8) is 0 Å². The maximum atomic E-state index is 13.9. The van der Waals surface area contributed by atoms with E-state index in [1.807, 2.05) is 0 Å². The van der Waals surface area contributed by atoms with Crippen molar-refractivity contribution in [3.8, 4) is 0 Å². The third kappa shape index (κ3) is 0.953. The van der Waals surface area contributed by atoms with Crippen LogP contribution in [0.15, 0.2) is 42.5 Å². The Hall–Kier alpha value is -1.25. The second-order valence-electron chi connectivity index (χ2n) is 3.52. The molecule has 1 fully saturated rings. The van der Waals surface area contributed by atoms with Crippen LogP contribution < -0.4 is 0 Å². The van der Waals surface area contributed by atoms with Gasteiger partial charge in [-0.25, -0.2) is 4.39 Å². The Morgan fingerprint density at radius 1 is 1.07 bits per heavy atom. The predicted molar refractivity (Wildman–Crippen MR) is 47.9 cm³/mol. The lowest BCUT2D eigenvalue weighted by Gasteiger charge is -2.44. The zero-order valence-corrected chi connectivity index (χ0v) is 7.43. The molecule has 1 unspecified atom stereocenters. The first-order valence-corrected chi connectivity index (χ1v) is 4.29. The summed E-state index contributed by atoms with van der Waals surface area (Å²) < 4.78 is 40.2. The molecule has 0 amide bonds. The minimum absolute atomic E-state index is 0.0254. The Morgan fingerprint density at radius 2 is 1.64 bits per heavy atom. The highest BCUT2D eigenvalue weighted by Gasteiger charge is 2.66. The summed E-state index contributed by atoms with van der Waals surface area (Å²) in [4.78, 5) is 0. The van der Waals surface area contributed by atoms with Gasteiger partial charge in [0.25, 0.3) is 0 Å². The molecule has 0 bridgehead atoms. The summed E-state index contributed by atoms with van der Waals surface area (Å²) in [5.41, 5.74) is -2.85. The van der Waals surface area contributed by atoms with Crippen LogP contribution >= 0.6 is 0 Å². The Kier molecular flexibility index (Phi) is 1.74. The molecule has 1 saturated carbocycles. The van der Waals surface area contributed by atoms with Gasteiger partial charge in [0, 0.05) is 6.42 Å². The number of halogens is 3. The molecule has 1 atom stereocenters. The predicted octanol–water partition coefficient (Wildman–Crippen LogP) is 3.45. The van der Waals surface area contributed by atoms with Crippen molar-refractivity contribution < 1.29 is 13.2 Å². The van der Waals surface area contributed by atoms with E-state index < -0.39 is 11.6 Å². The average Bonchev–Trinajstić information content (AvgIpc) is 2.19. The summed E-state index contributed by atoms with van der Waals surface area (Å²) in [5.74, 6) is -3.42. The van der Waals surface area contributed by atoms with E-state index in [0.717, 1.165) is 0 Å². The van der Waals surface area contributed by atoms with Gasteiger partial charge in [-0.1, -0.05) is 36.9 Å². The molecule has 0 nitrogen and oxygen atoms in total. The van der Waals surface area contributed by atoms with Crippen molar-refractivity contribution in [1.82, 2.24) is 0 Å². The Bertz CT molecular complexity index is 369. The summed E-state index contributed by atoms with van der Waals surface area (Å²) in [6, 6.07) is 7.51. The van der Waals surface area contributed by atoms with E-state index in [2.05, 4.69) is 6.58 Å². The number of allylic oxidation sites excluding steroid dienone is 1. The zero-order valence-electron chi connectivity index (χ0n) is 7.43. The highest BCUT2D eigenvalue weighted by Crippen LogP contribution is 2.59. The molecule has 0 saturated heterocycles. The van der Waals surface area contributed by atoms with Crippen molar-refractivity contribution in [2.24, 2.45) is 0 Å². The highest BCUT2D eigenvalue weighted by molar-refractivity contribution is 5.40. The van der Waals surface area contributed by atoms with Crippen molar-refractivity contribution >= 4 is 0 Å². The molecule has 0 heterocycles. The third-order valence-electron chi connectivity index (χ3n) is 2.63. The lowest BCUT2D eigenvalue weighted by Crippen LogP contribution is -2.53. The quantitative estimate of drug-likeness (QED) is 0.606. The van der Waals surface area contributed by atoms with Gasteiger partial charge in [-0.2, -0.15) is 8.78 Å². The molecule has 1 aromatic carbocycles. The summed E-state index contributed by atoms with van der Waals surface area (Å²) in [6.45, 7) is 3.14. The van der Waals surface area contributed by atoms with Crippen LogP contribution in [0.25, 0.3) is 0 Å². The molecule has 74 valence electrons. The normalized spacial score (nSPS) is 29.8. The van der Waals surface area contributed by atoms with Crippen LogP contribution in [0.5, 0.6) is 0 Å². The van der Waals surface area contributed by atoms with Gasteiger partial charge in [0.15, 0.2) is 0 Å². The maximum absolute atomic E-state index is 13.9. The monoisotopic (exact) mass is 198 g/mol. The SMILES string of the molecule is C=C1CC(F)(c2ccccc2)C1(F)F. The number of benzene rings is 1. The first kappa shape index (κ1) is 9.31. The standard InChI is InChI=1S/C11H9F3/c1-8-7-10(12,11(8,13)14)9-5-3-2-4-6-9/h2-6H,1,7H2. The van der Waals surface area contributed by atoms with E-state index in [0.29, 0.717) is 0 Å². The molecule has 1 aliphatic carbocycles. The van der Waals surface area contributed by atoms with Crippen LogP contribution in [0.3, 0.4) is 0 Å². The van der Waals surface area contributed by atoms with Gasteiger partial charge < -0.3 is 0 Å². The van der Waals surface area contributed by atoms with Gasteiger partial charge in [-0.15, -0.1) is 0 Å². The van der Waals surface area contributed by atoms with Crippen LogP contribution in [0.2, 0.25) is 0 Å². The summed E-state index contributed by atoms with van der Waals surface area (Å²) in [5, 5.41) is 0. The van der Waals surface area contributed by atoms with E-state index in [-0.39, 0.29) is 17.6 Å². The Balaban J connectivity index is 2.42. The number of alkyl halides is 3. The molecule has 0 spiro atoms. The maximum Gasteiger partial charge on any atom is 0.306 e. The molecule has 1 aromatic rings. The van der Waals surface area contributed by atoms with E-state index >= 15 is 0 Å². The highest BCUT2D eigenvalue weighted by atomic mass is 19.3. The number of hydrogen-bond donors (Lipinski definition) is 0. The fourth-order valence-electron chi connectivity index (χ4n) is 1.68. The molecule has 3 heteroatoms. The molecule has 0 N–H and O–H groups in total. The molecule has 2 rings (SSSR count). The van der Waals surface area contributed by atoms with E-state index in [1.165, 1.54) is 12.1 Å². The molecule has 0 radical (unpaired) electrons. The summed E-state index contributed by atoms with van der Waals surface area (Å²) in [7, 11) is 0. The smallest absolute Gasteiger partial charge is 0.231 e. The first-order chi connectivity index (χ1) is 6.48. The van der Waals surface area contributed by atoms with Crippen LogP contribution in [-0.4, -0.2) is 5.92 Å². The molecule has 0 aliphatic heterocycles. The fraction of sp³-hybridized carbons (Fsp3) is 0.273. The zero-order chi connectivity index (χ0) is 10.4. The van der Waals surface area contributed by atoms with Crippen LogP contribution in [0.4, 0.5) is 13.2 Å². The molecule has 14 heavy (non-hydrogen) atoms. The van der Waals surface area contributed by atoms with Crippen molar-refractivity contribution in [3.05, 3.63) is 48.0 Å². The summed E-state index contributed by atoms with van der Waals surface area (Å²) in [6.07, 6.45) is -0.288. The Morgan fingerprint density at radius 3 is 2.07 bits per heavy atom. The average molecular weight is 198 g/mol. The molecular formula is C11H9F3. The van der Waals surface area contributed by atoms with Gasteiger partial charge in [-0.05, 0) is 11.1 Å². The van der Waals surface area contributed by atoms with Crippen LogP contribution in [0, 0.1) is 0 Å². The van der Waals surface area contributed by atoms with Crippen molar-refractivity contribution in [2.45, 2.75) is 18.0 Å². The van der Waals surface area contributed by atoms with E-state index in [9.17, 15) is 13.2 Å². The number of hydrogen-bond acceptors (Lipinski definition) is 0. The van der Waals surface area contributed by atoms with Crippen molar-refractivity contribution in [1.29, 1.82) is 0 Å². The second-order valence-corrected chi connectivity index (χ2v) is 3.52. The van der Waals surface area contributed by atoms with Gasteiger partial charge in [0.05, 0.1) is 0 Å². The van der Waals surface area contributed by atoms with Gasteiger partial charge in [0.2, 0.25) is 5.67 Å². The van der Waals surface area contributed by atoms with Crippen LogP contribution in [-0.2, 0) is 5.67 Å². The van der Waals surface area contributed by atoms with E-state index in [1.54, 1.807) is 18.2 Å². The summed E-state index contributed by atoms with van der Waals surface area (Å²) >= 11 is 0. The van der Waals surface area contributed by atoms with Gasteiger partial charge >= 0.3 is 5.92 Å². The topological polar surface area (TPSA) is 0 Å². The van der Waals surface area contributed by atoms with Gasteiger partial charge in [-0.3, -0.25) is 0 Å². The lowest BCUT2D eigenvalue weighted by atomic mass is 9.69. The van der Waals surface area contributed by atoms with Crippen LogP contribution in [0.1, 0.15) is 12.0 Å².